The summed E-state index contributed by atoms with van der Waals surface area (Å²) in [4.78, 5) is 12.3. The van der Waals surface area contributed by atoms with Crippen LogP contribution in [-0.2, 0) is 6.18 Å². The van der Waals surface area contributed by atoms with E-state index in [1.54, 1.807) is 24.3 Å². The second kappa shape index (κ2) is 7.50. The zero-order chi connectivity index (χ0) is 19.6. The predicted octanol–water partition coefficient (Wildman–Crippen LogP) is 4.49. The summed E-state index contributed by atoms with van der Waals surface area (Å²) in [5, 5.41) is 0. The van der Waals surface area contributed by atoms with Crippen LogP contribution in [0.3, 0.4) is 0 Å². The summed E-state index contributed by atoms with van der Waals surface area (Å²) in [6.45, 7) is 2.52. The zero-order valence-corrected chi connectivity index (χ0v) is 15.1. The number of anilines is 2. The maximum Gasteiger partial charge on any atom is 0.433 e. The molecule has 7 heteroatoms. The summed E-state index contributed by atoms with van der Waals surface area (Å²) in [6.07, 6.45) is -4.52. The van der Waals surface area contributed by atoms with E-state index in [1.807, 2.05) is 41.3 Å². The minimum absolute atomic E-state index is 0.126. The summed E-state index contributed by atoms with van der Waals surface area (Å²) in [6, 6.07) is 19.9. The fourth-order valence-electron chi connectivity index (χ4n) is 3.28. The van der Waals surface area contributed by atoms with Gasteiger partial charge in [-0.2, -0.15) is 13.2 Å². The van der Waals surface area contributed by atoms with E-state index in [0.717, 1.165) is 11.8 Å². The summed E-state index contributed by atoms with van der Waals surface area (Å²) >= 11 is 0. The van der Waals surface area contributed by atoms with Crippen molar-refractivity contribution in [1.82, 2.24) is 9.97 Å². The minimum atomic E-state index is -4.52. The smallest absolute Gasteiger partial charge is 0.368 e. The van der Waals surface area contributed by atoms with Crippen molar-refractivity contribution in [3.63, 3.8) is 0 Å². The minimum Gasteiger partial charge on any atom is -0.368 e. The Morgan fingerprint density at radius 1 is 0.714 bits per heavy atom. The van der Waals surface area contributed by atoms with E-state index in [1.165, 1.54) is 0 Å². The molecular formula is C21H19F3N4. The van der Waals surface area contributed by atoms with Gasteiger partial charge in [0.25, 0.3) is 0 Å². The van der Waals surface area contributed by atoms with E-state index < -0.39 is 11.9 Å². The molecular weight excluding hydrogens is 365 g/mol. The molecule has 0 saturated carbocycles. The molecule has 3 aromatic rings. The van der Waals surface area contributed by atoms with Gasteiger partial charge >= 0.3 is 6.18 Å². The third kappa shape index (κ3) is 3.93. The Balaban J connectivity index is 1.61. The van der Waals surface area contributed by atoms with E-state index >= 15 is 0 Å². The first-order chi connectivity index (χ1) is 13.5. The Hall–Kier alpha value is -3.09. The number of hydrogen-bond acceptors (Lipinski definition) is 4. The number of aromatic nitrogens is 2. The Bertz CT molecular complexity index is 921. The average Bonchev–Trinajstić information content (AvgIpc) is 2.74. The van der Waals surface area contributed by atoms with Crippen molar-refractivity contribution < 1.29 is 13.2 Å². The predicted molar refractivity (Wildman–Crippen MR) is 103 cm³/mol. The van der Waals surface area contributed by atoms with Crippen LogP contribution >= 0.6 is 0 Å². The van der Waals surface area contributed by atoms with Gasteiger partial charge in [0.15, 0.2) is 5.69 Å². The highest BCUT2D eigenvalue weighted by Gasteiger charge is 2.34. The largest absolute Gasteiger partial charge is 0.433 e. The first-order valence-corrected chi connectivity index (χ1v) is 9.07. The maximum atomic E-state index is 13.4. The van der Waals surface area contributed by atoms with Gasteiger partial charge in [0.1, 0.15) is 0 Å². The molecule has 4 nitrogen and oxygen atoms in total. The second-order valence-corrected chi connectivity index (χ2v) is 6.61. The van der Waals surface area contributed by atoms with E-state index in [0.29, 0.717) is 31.7 Å². The van der Waals surface area contributed by atoms with E-state index in [9.17, 15) is 13.2 Å². The van der Waals surface area contributed by atoms with Crippen molar-refractivity contribution in [2.75, 3.05) is 36.0 Å². The number of hydrogen-bond donors (Lipinski definition) is 0. The van der Waals surface area contributed by atoms with E-state index in [2.05, 4.69) is 14.9 Å². The van der Waals surface area contributed by atoms with Crippen LogP contribution in [-0.4, -0.2) is 36.1 Å². The topological polar surface area (TPSA) is 32.3 Å². The first-order valence-electron chi connectivity index (χ1n) is 9.07. The number of nitrogens with zero attached hydrogens (tertiary/aromatic N) is 4. The highest BCUT2D eigenvalue weighted by Crippen LogP contribution is 2.32. The number of benzene rings is 2. The maximum absolute atomic E-state index is 13.4. The van der Waals surface area contributed by atoms with Crippen molar-refractivity contribution in [2.45, 2.75) is 6.18 Å². The normalized spacial score (nSPS) is 15.0. The molecule has 144 valence electrons. The van der Waals surface area contributed by atoms with Crippen molar-refractivity contribution in [3.05, 3.63) is 72.4 Å². The summed E-state index contributed by atoms with van der Waals surface area (Å²) < 4.78 is 40.2. The number of para-hydroxylation sites is 1. The number of alkyl halides is 3. The van der Waals surface area contributed by atoms with Crippen LogP contribution in [0.15, 0.2) is 66.7 Å². The Morgan fingerprint density at radius 2 is 1.29 bits per heavy atom. The molecule has 0 spiro atoms. The Kier molecular flexibility index (Phi) is 4.90. The van der Waals surface area contributed by atoms with Gasteiger partial charge in [0, 0.05) is 37.4 Å². The third-order valence-electron chi connectivity index (χ3n) is 4.76. The molecule has 1 fully saturated rings. The van der Waals surface area contributed by atoms with Gasteiger partial charge in [-0.1, -0.05) is 48.5 Å². The van der Waals surface area contributed by atoms with Crippen LogP contribution in [0.1, 0.15) is 5.69 Å². The molecule has 28 heavy (non-hydrogen) atoms. The molecule has 1 aromatic heterocycles. The molecule has 4 rings (SSSR count). The monoisotopic (exact) mass is 384 g/mol. The number of rotatable bonds is 3. The van der Waals surface area contributed by atoms with Crippen molar-refractivity contribution in [3.8, 4) is 11.3 Å². The van der Waals surface area contributed by atoms with Crippen molar-refractivity contribution in [2.24, 2.45) is 0 Å². The molecule has 0 unspecified atom stereocenters. The molecule has 1 aliphatic rings. The van der Waals surface area contributed by atoms with Crippen LogP contribution in [0.2, 0.25) is 0 Å². The molecule has 2 aromatic carbocycles. The van der Waals surface area contributed by atoms with Gasteiger partial charge < -0.3 is 9.80 Å². The molecule has 1 aliphatic heterocycles. The zero-order valence-electron chi connectivity index (χ0n) is 15.1. The highest BCUT2D eigenvalue weighted by molar-refractivity contribution is 5.61. The van der Waals surface area contributed by atoms with Gasteiger partial charge in [-0.15, -0.1) is 0 Å². The Morgan fingerprint density at radius 3 is 1.89 bits per heavy atom. The molecule has 0 aliphatic carbocycles. The lowest BCUT2D eigenvalue weighted by molar-refractivity contribution is -0.141. The number of piperazine rings is 1. The van der Waals surface area contributed by atoms with Crippen LogP contribution in [0.5, 0.6) is 0 Å². The molecule has 0 radical (unpaired) electrons. The average molecular weight is 384 g/mol. The second-order valence-electron chi connectivity index (χ2n) is 6.61. The lowest BCUT2D eigenvalue weighted by Crippen LogP contribution is -2.47. The standard InChI is InChI=1S/C21H19F3N4/c22-21(23,24)19-15-18(16-7-3-1-4-8-16)25-20(26-19)28-13-11-27(12-14-28)17-9-5-2-6-10-17/h1-10,15H,11-14H2. The Labute approximate surface area is 161 Å². The molecule has 0 N–H and O–H groups in total. The van der Waals surface area contributed by atoms with E-state index in [-0.39, 0.29) is 11.6 Å². The SMILES string of the molecule is FC(F)(F)c1cc(-c2ccccc2)nc(N2CCN(c3ccccc3)CC2)n1. The summed E-state index contributed by atoms with van der Waals surface area (Å²) in [7, 11) is 0. The number of halogens is 3. The lowest BCUT2D eigenvalue weighted by Gasteiger charge is -2.36. The summed E-state index contributed by atoms with van der Waals surface area (Å²) in [5.74, 6) is 0.126. The van der Waals surface area contributed by atoms with Crippen molar-refractivity contribution in [1.29, 1.82) is 0 Å². The highest BCUT2D eigenvalue weighted by atomic mass is 19.4. The third-order valence-corrected chi connectivity index (χ3v) is 4.76. The van der Waals surface area contributed by atoms with Crippen LogP contribution < -0.4 is 9.80 Å². The molecule has 1 saturated heterocycles. The van der Waals surface area contributed by atoms with Gasteiger partial charge in [-0.05, 0) is 18.2 Å². The first kappa shape index (κ1) is 18.3. The molecule has 0 amide bonds. The van der Waals surface area contributed by atoms with Crippen LogP contribution in [0.4, 0.5) is 24.8 Å². The lowest BCUT2D eigenvalue weighted by atomic mass is 10.1. The summed E-state index contributed by atoms with van der Waals surface area (Å²) in [5.41, 5.74) is 1.11. The molecule has 2 heterocycles. The fraction of sp³-hybridized carbons (Fsp3) is 0.238. The van der Waals surface area contributed by atoms with Crippen molar-refractivity contribution >= 4 is 11.6 Å². The molecule has 0 atom stereocenters. The molecule has 0 bridgehead atoms. The quantitative estimate of drug-likeness (QED) is 0.666. The van der Waals surface area contributed by atoms with Gasteiger partial charge in [0.05, 0.1) is 5.69 Å². The van der Waals surface area contributed by atoms with Crippen LogP contribution in [0.25, 0.3) is 11.3 Å². The van der Waals surface area contributed by atoms with Gasteiger partial charge in [0.2, 0.25) is 5.95 Å². The van der Waals surface area contributed by atoms with E-state index in [4.69, 9.17) is 0 Å². The van der Waals surface area contributed by atoms with Crippen LogP contribution in [0, 0.1) is 0 Å². The fourth-order valence-corrected chi connectivity index (χ4v) is 3.28. The van der Waals surface area contributed by atoms with Gasteiger partial charge in [-0.3, -0.25) is 0 Å². The van der Waals surface area contributed by atoms with Gasteiger partial charge in [-0.25, -0.2) is 9.97 Å².